The Bertz CT molecular complexity index is 1250. The molecule has 1 amide bonds. The van der Waals surface area contributed by atoms with Crippen LogP contribution in [0.3, 0.4) is 0 Å². The van der Waals surface area contributed by atoms with E-state index >= 15 is 0 Å². The van der Waals surface area contributed by atoms with E-state index in [1.54, 1.807) is 13.8 Å². The largest absolute Gasteiger partial charge is 0.483 e. The monoisotopic (exact) mass is 502 g/mol. The van der Waals surface area contributed by atoms with E-state index in [0.29, 0.717) is 39.8 Å². The first-order chi connectivity index (χ1) is 16.7. The number of likely N-dealkylation sites (tertiary alicyclic amines) is 1. The van der Waals surface area contributed by atoms with Crippen LogP contribution < -0.4 is 10.1 Å². The SMILES string of the molecule is CC1=N/C(=C2\CN(C(=O)c3ccc(F)cc3OC(CO)C3=CC=C(F)CC3)CC2=N)NC(C)=C1Cl. The number of amides is 1. The zero-order chi connectivity index (χ0) is 25.3. The number of nitrogens with zero attached hydrogens (tertiary/aromatic N) is 2. The molecule has 1 atom stereocenters. The van der Waals surface area contributed by atoms with Gasteiger partial charge in [0.2, 0.25) is 0 Å². The lowest BCUT2D eigenvalue weighted by Crippen LogP contribution is -2.31. The van der Waals surface area contributed by atoms with Gasteiger partial charge in [-0.05, 0) is 44.1 Å². The van der Waals surface area contributed by atoms with Crippen molar-refractivity contribution in [2.45, 2.75) is 32.8 Å². The van der Waals surface area contributed by atoms with Crippen LogP contribution in [0, 0.1) is 11.2 Å². The van der Waals surface area contributed by atoms with Gasteiger partial charge >= 0.3 is 0 Å². The fraction of sp³-hybridized carbons (Fsp3) is 0.320. The molecule has 0 saturated carbocycles. The van der Waals surface area contributed by atoms with Gasteiger partial charge in [-0.2, -0.15) is 0 Å². The van der Waals surface area contributed by atoms with Crippen LogP contribution in [-0.2, 0) is 0 Å². The van der Waals surface area contributed by atoms with Crippen molar-refractivity contribution in [3.05, 3.63) is 75.3 Å². The molecular formula is C25H25ClF2N4O3. The fourth-order valence-corrected chi connectivity index (χ4v) is 4.19. The second-order valence-corrected chi connectivity index (χ2v) is 8.89. The Hall–Kier alpha value is -3.30. The maximum Gasteiger partial charge on any atom is 0.258 e. The van der Waals surface area contributed by atoms with Gasteiger partial charge in [-0.1, -0.05) is 17.7 Å². The molecule has 1 aliphatic carbocycles. The van der Waals surface area contributed by atoms with Crippen LogP contribution >= 0.6 is 11.6 Å². The Labute approximate surface area is 206 Å². The average molecular weight is 503 g/mol. The summed E-state index contributed by atoms with van der Waals surface area (Å²) < 4.78 is 33.3. The number of carbonyl (C=O) groups is 1. The summed E-state index contributed by atoms with van der Waals surface area (Å²) in [5.74, 6) is -0.905. The van der Waals surface area contributed by atoms with E-state index < -0.39 is 24.4 Å². The third kappa shape index (κ3) is 5.21. The minimum atomic E-state index is -0.856. The van der Waals surface area contributed by atoms with Gasteiger partial charge in [-0.15, -0.1) is 0 Å². The molecule has 1 saturated heterocycles. The number of aliphatic imine (C=N–C) groups is 1. The number of carbonyl (C=O) groups excluding carboxylic acids is 1. The molecule has 2 aliphatic heterocycles. The van der Waals surface area contributed by atoms with Crippen LogP contribution in [0.25, 0.3) is 0 Å². The van der Waals surface area contributed by atoms with Gasteiger partial charge in [0.25, 0.3) is 5.91 Å². The first-order valence-electron chi connectivity index (χ1n) is 11.1. The van der Waals surface area contributed by atoms with Crippen molar-refractivity contribution in [1.82, 2.24) is 10.2 Å². The zero-order valence-corrected chi connectivity index (χ0v) is 20.0. The third-order valence-corrected chi connectivity index (χ3v) is 6.58. The van der Waals surface area contributed by atoms with Gasteiger partial charge in [0.05, 0.1) is 41.7 Å². The summed E-state index contributed by atoms with van der Waals surface area (Å²) in [5, 5.41) is 21.9. The molecular weight excluding hydrogens is 478 g/mol. The van der Waals surface area contributed by atoms with Crippen LogP contribution in [0.4, 0.5) is 8.78 Å². The van der Waals surface area contributed by atoms with Crippen molar-refractivity contribution in [2.75, 3.05) is 19.7 Å². The molecule has 35 heavy (non-hydrogen) atoms. The summed E-state index contributed by atoms with van der Waals surface area (Å²) in [6.07, 6.45) is 2.51. The van der Waals surface area contributed by atoms with Crippen LogP contribution in [0.1, 0.15) is 37.0 Å². The highest BCUT2D eigenvalue weighted by Crippen LogP contribution is 2.30. The summed E-state index contributed by atoms with van der Waals surface area (Å²) in [6.45, 7) is 3.31. The minimum absolute atomic E-state index is 0.0344. The molecule has 7 nitrogen and oxygen atoms in total. The second-order valence-electron chi connectivity index (χ2n) is 8.51. The van der Waals surface area contributed by atoms with Crippen molar-refractivity contribution in [3.63, 3.8) is 0 Å². The van der Waals surface area contributed by atoms with Crippen LogP contribution in [-0.4, -0.2) is 53.1 Å². The second kappa shape index (κ2) is 10.1. The predicted octanol–water partition coefficient (Wildman–Crippen LogP) is 4.36. The van der Waals surface area contributed by atoms with Crippen LogP contribution in [0.2, 0.25) is 0 Å². The number of rotatable bonds is 5. The number of halogens is 3. The lowest BCUT2D eigenvalue weighted by Gasteiger charge is -2.24. The van der Waals surface area contributed by atoms with Gasteiger partial charge in [-0.25, -0.2) is 13.8 Å². The Balaban J connectivity index is 1.59. The average Bonchev–Trinajstić information content (AvgIpc) is 3.22. The maximum absolute atomic E-state index is 14.1. The normalized spacial score (nSPS) is 21.4. The Morgan fingerprint density at radius 2 is 2.06 bits per heavy atom. The highest BCUT2D eigenvalue weighted by molar-refractivity contribution is 6.43. The lowest BCUT2D eigenvalue weighted by atomic mass is 9.99. The standard InChI is InChI=1S/C25H25ClF2N4O3/c1-13-23(26)14(2)31-24(30-13)19-10-32(11-20(19)29)25(34)18-8-7-17(28)9-21(18)35-22(12-33)15-3-5-16(27)6-4-15/h3,5,7-9,22,29-30,33H,4,6,10-12H2,1-2H3/b24-19+,29-20?. The number of ether oxygens (including phenoxy) is 1. The summed E-state index contributed by atoms with van der Waals surface area (Å²) in [6, 6.07) is 3.56. The molecule has 1 unspecified atom stereocenters. The summed E-state index contributed by atoms with van der Waals surface area (Å²) in [4.78, 5) is 19.3. The van der Waals surface area contributed by atoms with Crippen LogP contribution in [0.5, 0.6) is 5.75 Å². The zero-order valence-electron chi connectivity index (χ0n) is 19.3. The van der Waals surface area contributed by atoms with E-state index in [2.05, 4.69) is 10.3 Å². The number of aliphatic hydroxyl groups excluding tert-OH is 1. The van der Waals surface area contributed by atoms with Gasteiger partial charge < -0.3 is 25.5 Å². The molecule has 2 heterocycles. The summed E-state index contributed by atoms with van der Waals surface area (Å²) in [7, 11) is 0. The van der Waals surface area contributed by atoms with Gasteiger partial charge in [0.15, 0.2) is 0 Å². The molecule has 1 aromatic carbocycles. The first kappa shape index (κ1) is 24.8. The molecule has 10 heteroatoms. The molecule has 0 spiro atoms. The fourth-order valence-electron chi connectivity index (χ4n) is 4.10. The smallest absolute Gasteiger partial charge is 0.258 e. The Morgan fingerprint density at radius 1 is 1.29 bits per heavy atom. The van der Waals surface area contributed by atoms with E-state index in [9.17, 15) is 18.7 Å². The molecule has 3 N–H and O–H groups in total. The van der Waals surface area contributed by atoms with E-state index in [1.165, 1.54) is 23.1 Å². The molecule has 1 fully saturated rings. The van der Waals surface area contributed by atoms with E-state index in [-0.39, 0.29) is 42.4 Å². The van der Waals surface area contributed by atoms with E-state index in [1.807, 2.05) is 0 Å². The van der Waals surface area contributed by atoms with E-state index in [4.69, 9.17) is 21.7 Å². The number of benzene rings is 1. The third-order valence-electron chi connectivity index (χ3n) is 6.02. The quantitative estimate of drug-likeness (QED) is 0.557. The molecule has 0 aromatic heterocycles. The highest BCUT2D eigenvalue weighted by Gasteiger charge is 2.32. The van der Waals surface area contributed by atoms with Crippen molar-refractivity contribution < 1.29 is 23.4 Å². The van der Waals surface area contributed by atoms with Crippen LogP contribution in [0.15, 0.2) is 68.9 Å². The van der Waals surface area contributed by atoms with Crippen molar-refractivity contribution >= 4 is 28.9 Å². The lowest BCUT2D eigenvalue weighted by molar-refractivity contribution is 0.0791. The van der Waals surface area contributed by atoms with Gasteiger partial charge in [0, 0.05) is 23.8 Å². The molecule has 0 bridgehead atoms. The summed E-state index contributed by atoms with van der Waals surface area (Å²) in [5.41, 5.74) is 2.83. The number of allylic oxidation sites excluding steroid dienone is 5. The predicted molar refractivity (Wildman–Crippen MR) is 130 cm³/mol. The summed E-state index contributed by atoms with van der Waals surface area (Å²) >= 11 is 6.19. The Kier molecular flexibility index (Phi) is 7.18. The highest BCUT2D eigenvalue weighted by atomic mass is 35.5. The van der Waals surface area contributed by atoms with E-state index in [0.717, 1.165) is 12.1 Å². The number of nitrogens with one attached hydrogen (secondary N) is 2. The number of aliphatic hydroxyl groups is 1. The molecule has 184 valence electrons. The number of hydrogen-bond acceptors (Lipinski definition) is 6. The Morgan fingerprint density at radius 3 is 2.71 bits per heavy atom. The van der Waals surface area contributed by atoms with Gasteiger partial charge in [-0.3, -0.25) is 4.79 Å². The topological polar surface area (TPSA) is 98.0 Å². The molecule has 0 radical (unpaired) electrons. The molecule has 1 aromatic rings. The number of hydrogen-bond donors (Lipinski definition) is 3. The van der Waals surface area contributed by atoms with Crippen molar-refractivity contribution in [2.24, 2.45) is 4.99 Å². The maximum atomic E-state index is 14.1. The molecule has 3 aliphatic rings. The van der Waals surface area contributed by atoms with Crippen molar-refractivity contribution in [1.29, 1.82) is 5.41 Å². The first-order valence-corrected chi connectivity index (χ1v) is 11.5. The van der Waals surface area contributed by atoms with Gasteiger partial charge in [0.1, 0.15) is 29.3 Å². The van der Waals surface area contributed by atoms with Crippen molar-refractivity contribution in [3.8, 4) is 5.75 Å². The minimum Gasteiger partial charge on any atom is -0.483 e. The molecule has 4 rings (SSSR count).